The third-order valence-corrected chi connectivity index (χ3v) is 5.12. The molecular weight excluding hydrogens is 236 g/mol. The van der Waals surface area contributed by atoms with Crippen LogP contribution in [0.4, 0.5) is 0 Å². The fourth-order valence-electron chi connectivity index (χ4n) is 3.82. The van der Waals surface area contributed by atoms with Crippen molar-refractivity contribution >= 4 is 5.91 Å². The molecule has 3 unspecified atom stereocenters. The molecule has 0 heterocycles. The summed E-state index contributed by atoms with van der Waals surface area (Å²) in [5.41, 5.74) is 6.17. The number of nitrogens with two attached hydrogens (primary N) is 1. The molecule has 3 atom stereocenters. The van der Waals surface area contributed by atoms with Crippen LogP contribution in [0.25, 0.3) is 0 Å². The maximum atomic E-state index is 12.6. The third-order valence-electron chi connectivity index (χ3n) is 5.12. The molecular formula is C16H30N2O. The highest BCUT2D eigenvalue weighted by Crippen LogP contribution is 2.30. The van der Waals surface area contributed by atoms with Gasteiger partial charge in [0.05, 0.1) is 5.92 Å². The second-order valence-corrected chi connectivity index (χ2v) is 6.91. The second kappa shape index (κ2) is 6.74. The summed E-state index contributed by atoms with van der Waals surface area (Å²) in [6.45, 7) is 3.18. The van der Waals surface area contributed by atoms with Crippen LogP contribution in [-0.2, 0) is 4.79 Å². The van der Waals surface area contributed by atoms with Crippen LogP contribution in [-0.4, -0.2) is 30.4 Å². The van der Waals surface area contributed by atoms with Crippen molar-refractivity contribution in [2.24, 2.45) is 23.5 Å². The summed E-state index contributed by atoms with van der Waals surface area (Å²) >= 11 is 0. The lowest BCUT2D eigenvalue weighted by atomic mass is 9.78. The van der Waals surface area contributed by atoms with E-state index in [1.54, 1.807) is 0 Å². The normalized spacial score (nSPS) is 33.1. The predicted molar refractivity (Wildman–Crippen MR) is 78.7 cm³/mol. The van der Waals surface area contributed by atoms with E-state index < -0.39 is 0 Å². The van der Waals surface area contributed by atoms with Crippen molar-refractivity contribution in [2.75, 3.05) is 13.6 Å². The summed E-state index contributed by atoms with van der Waals surface area (Å²) in [7, 11) is 1.98. The zero-order chi connectivity index (χ0) is 13.8. The van der Waals surface area contributed by atoms with Crippen LogP contribution in [0.3, 0.4) is 0 Å². The summed E-state index contributed by atoms with van der Waals surface area (Å²) in [5.74, 6) is 1.73. The monoisotopic (exact) mass is 266 g/mol. The molecule has 0 aliphatic heterocycles. The fraction of sp³-hybridized carbons (Fsp3) is 0.938. The van der Waals surface area contributed by atoms with Crippen molar-refractivity contribution in [1.82, 2.24) is 4.90 Å². The highest BCUT2D eigenvalue weighted by atomic mass is 16.2. The van der Waals surface area contributed by atoms with E-state index in [2.05, 4.69) is 6.92 Å². The average molecular weight is 266 g/mol. The van der Waals surface area contributed by atoms with Gasteiger partial charge in [-0.25, -0.2) is 0 Å². The number of hydrogen-bond acceptors (Lipinski definition) is 2. The Balaban J connectivity index is 1.86. The van der Waals surface area contributed by atoms with E-state index in [0.717, 1.165) is 25.3 Å². The molecule has 3 heteroatoms. The van der Waals surface area contributed by atoms with E-state index in [1.807, 2.05) is 11.9 Å². The van der Waals surface area contributed by atoms with Gasteiger partial charge in [-0.05, 0) is 43.9 Å². The molecule has 0 aromatic carbocycles. The smallest absolute Gasteiger partial charge is 0.227 e. The van der Waals surface area contributed by atoms with E-state index in [1.165, 1.54) is 38.5 Å². The molecule has 2 rings (SSSR count). The first-order valence-corrected chi connectivity index (χ1v) is 8.08. The first-order chi connectivity index (χ1) is 9.08. The van der Waals surface area contributed by atoms with Gasteiger partial charge in [0.25, 0.3) is 0 Å². The first-order valence-electron chi connectivity index (χ1n) is 8.08. The minimum absolute atomic E-state index is 0.0670. The van der Waals surface area contributed by atoms with Gasteiger partial charge in [-0.1, -0.05) is 26.2 Å². The van der Waals surface area contributed by atoms with Crippen LogP contribution >= 0.6 is 0 Å². The molecule has 0 spiro atoms. The summed E-state index contributed by atoms with van der Waals surface area (Å²) in [6, 6.07) is 0.0810. The summed E-state index contributed by atoms with van der Waals surface area (Å²) in [5, 5.41) is 0. The van der Waals surface area contributed by atoms with Crippen molar-refractivity contribution < 1.29 is 4.79 Å². The molecule has 2 fully saturated rings. The van der Waals surface area contributed by atoms with Crippen LogP contribution in [0, 0.1) is 17.8 Å². The van der Waals surface area contributed by atoms with Crippen molar-refractivity contribution in [3.8, 4) is 0 Å². The van der Waals surface area contributed by atoms with Gasteiger partial charge < -0.3 is 10.6 Å². The van der Waals surface area contributed by atoms with Crippen LogP contribution in [0.5, 0.6) is 0 Å². The Hall–Kier alpha value is -0.570. The van der Waals surface area contributed by atoms with Crippen LogP contribution in [0.2, 0.25) is 0 Å². The number of nitrogens with zero attached hydrogens (tertiary/aromatic N) is 1. The van der Waals surface area contributed by atoms with Crippen molar-refractivity contribution in [1.29, 1.82) is 0 Å². The number of rotatable bonds is 3. The van der Waals surface area contributed by atoms with Crippen LogP contribution < -0.4 is 5.73 Å². The average Bonchev–Trinajstić information content (AvgIpc) is 2.42. The number of carbonyl (C=O) groups excluding carboxylic acids is 1. The summed E-state index contributed by atoms with van der Waals surface area (Å²) in [4.78, 5) is 14.5. The quantitative estimate of drug-likeness (QED) is 0.854. The van der Waals surface area contributed by atoms with Crippen molar-refractivity contribution in [3.05, 3.63) is 0 Å². The lowest BCUT2D eigenvalue weighted by Crippen LogP contribution is -2.47. The number of amides is 1. The molecule has 2 N–H and O–H groups in total. The summed E-state index contributed by atoms with van der Waals surface area (Å²) in [6.07, 6.45) is 9.81. The van der Waals surface area contributed by atoms with Gasteiger partial charge in [-0.2, -0.15) is 0 Å². The molecule has 2 aliphatic carbocycles. The number of carbonyl (C=O) groups is 1. The van der Waals surface area contributed by atoms with Gasteiger partial charge >= 0.3 is 0 Å². The van der Waals surface area contributed by atoms with Gasteiger partial charge in [-0.3, -0.25) is 4.79 Å². The Morgan fingerprint density at radius 3 is 2.53 bits per heavy atom. The minimum Gasteiger partial charge on any atom is -0.345 e. The molecule has 2 aliphatic rings. The van der Waals surface area contributed by atoms with E-state index in [-0.39, 0.29) is 12.0 Å². The Morgan fingerprint density at radius 2 is 1.84 bits per heavy atom. The predicted octanol–water partition coefficient (Wildman–Crippen LogP) is 2.79. The molecule has 19 heavy (non-hydrogen) atoms. The van der Waals surface area contributed by atoms with E-state index in [9.17, 15) is 4.79 Å². The molecule has 3 nitrogen and oxygen atoms in total. The molecule has 0 aromatic heterocycles. The lowest BCUT2D eigenvalue weighted by Gasteiger charge is -2.35. The third kappa shape index (κ3) is 3.95. The Bertz CT molecular complexity index is 299. The molecule has 0 aromatic rings. The second-order valence-electron chi connectivity index (χ2n) is 6.91. The topological polar surface area (TPSA) is 46.3 Å². The van der Waals surface area contributed by atoms with Crippen LogP contribution in [0.15, 0.2) is 0 Å². The lowest BCUT2D eigenvalue weighted by molar-refractivity contribution is -0.137. The molecule has 2 saturated carbocycles. The van der Waals surface area contributed by atoms with Gasteiger partial charge in [0, 0.05) is 19.6 Å². The Morgan fingerprint density at radius 1 is 1.16 bits per heavy atom. The molecule has 0 radical (unpaired) electrons. The molecule has 0 saturated heterocycles. The van der Waals surface area contributed by atoms with Crippen LogP contribution in [0.1, 0.15) is 58.3 Å². The molecule has 110 valence electrons. The van der Waals surface area contributed by atoms with E-state index in [0.29, 0.717) is 11.8 Å². The zero-order valence-electron chi connectivity index (χ0n) is 12.6. The van der Waals surface area contributed by atoms with E-state index >= 15 is 0 Å². The van der Waals surface area contributed by atoms with E-state index in [4.69, 9.17) is 5.73 Å². The SMILES string of the molecule is CC1CCC(N)C(C(=O)N(C)CC2CCCCC2)C1. The summed E-state index contributed by atoms with van der Waals surface area (Å²) < 4.78 is 0. The van der Waals surface area contributed by atoms with Crippen molar-refractivity contribution in [2.45, 2.75) is 64.3 Å². The largest absolute Gasteiger partial charge is 0.345 e. The standard InChI is InChI=1S/C16H30N2O/c1-12-8-9-15(17)14(10-12)16(19)18(2)11-13-6-4-3-5-7-13/h12-15H,3-11,17H2,1-2H3. The number of hydrogen-bond donors (Lipinski definition) is 1. The van der Waals surface area contributed by atoms with Gasteiger partial charge in [0.1, 0.15) is 0 Å². The fourth-order valence-corrected chi connectivity index (χ4v) is 3.82. The highest BCUT2D eigenvalue weighted by Gasteiger charge is 2.33. The minimum atomic E-state index is 0.0670. The highest BCUT2D eigenvalue weighted by molar-refractivity contribution is 5.79. The maximum absolute atomic E-state index is 12.6. The Labute approximate surface area is 117 Å². The molecule has 0 bridgehead atoms. The zero-order valence-corrected chi connectivity index (χ0v) is 12.6. The van der Waals surface area contributed by atoms with Gasteiger partial charge in [0.15, 0.2) is 0 Å². The van der Waals surface area contributed by atoms with Gasteiger partial charge in [0.2, 0.25) is 5.91 Å². The Kier molecular flexibility index (Phi) is 5.26. The molecule has 1 amide bonds. The van der Waals surface area contributed by atoms with Gasteiger partial charge in [-0.15, -0.1) is 0 Å². The first kappa shape index (κ1) is 14.8. The maximum Gasteiger partial charge on any atom is 0.227 e. The van der Waals surface area contributed by atoms with Crippen molar-refractivity contribution in [3.63, 3.8) is 0 Å².